The zero-order chi connectivity index (χ0) is 10.4. The third-order valence-corrected chi connectivity index (χ3v) is 3.36. The molecule has 0 aromatic rings. The molecule has 1 aliphatic rings. The van der Waals surface area contributed by atoms with Crippen LogP contribution in [0, 0.1) is 0 Å². The van der Waals surface area contributed by atoms with Crippen molar-refractivity contribution in [2.45, 2.75) is 25.8 Å². The number of carbonyl (C=O) groups is 1. The summed E-state index contributed by atoms with van der Waals surface area (Å²) in [5, 5.41) is 5.86. The summed E-state index contributed by atoms with van der Waals surface area (Å²) in [5.41, 5.74) is 0. The van der Waals surface area contributed by atoms with Gasteiger partial charge in [-0.1, -0.05) is 6.92 Å². The van der Waals surface area contributed by atoms with Gasteiger partial charge in [-0.15, -0.1) is 0 Å². The lowest BCUT2D eigenvalue weighted by Crippen LogP contribution is -2.36. The molecule has 2 N–H and O–H groups in total. The van der Waals surface area contributed by atoms with E-state index in [1.165, 1.54) is 0 Å². The number of amides is 1. The maximum Gasteiger partial charge on any atom is 0.234 e. The van der Waals surface area contributed by atoms with Gasteiger partial charge in [-0.25, -0.2) is 0 Å². The van der Waals surface area contributed by atoms with Crippen LogP contribution >= 0.6 is 0 Å². The smallest absolute Gasteiger partial charge is 0.234 e. The molecule has 0 radical (unpaired) electrons. The molecule has 4 nitrogen and oxygen atoms in total. The Morgan fingerprint density at radius 2 is 2.21 bits per heavy atom. The molecule has 0 bridgehead atoms. The Morgan fingerprint density at radius 1 is 1.50 bits per heavy atom. The molecule has 1 aliphatic carbocycles. The van der Waals surface area contributed by atoms with Gasteiger partial charge in [0.1, 0.15) is 0 Å². The zero-order valence-electron chi connectivity index (χ0n) is 8.54. The summed E-state index contributed by atoms with van der Waals surface area (Å²) in [5.74, 6) is 1.37. The summed E-state index contributed by atoms with van der Waals surface area (Å²) in [6.07, 6.45) is 2.23. The van der Waals surface area contributed by atoms with E-state index < -0.39 is 10.8 Å². The molecule has 1 amide bonds. The maximum atomic E-state index is 11.2. The number of carbonyl (C=O) groups excluding carboxylic acids is 1. The van der Waals surface area contributed by atoms with E-state index in [4.69, 9.17) is 0 Å². The minimum Gasteiger partial charge on any atom is -0.352 e. The van der Waals surface area contributed by atoms with Crippen LogP contribution in [0.4, 0.5) is 0 Å². The molecule has 0 aromatic heterocycles. The first-order chi connectivity index (χ1) is 6.72. The fourth-order valence-corrected chi connectivity index (χ4v) is 1.70. The van der Waals surface area contributed by atoms with Crippen molar-refractivity contribution in [3.63, 3.8) is 0 Å². The van der Waals surface area contributed by atoms with E-state index in [2.05, 4.69) is 10.6 Å². The van der Waals surface area contributed by atoms with Crippen LogP contribution in [-0.4, -0.2) is 40.8 Å². The van der Waals surface area contributed by atoms with Crippen LogP contribution in [0.15, 0.2) is 0 Å². The van der Waals surface area contributed by atoms with Gasteiger partial charge in [-0.05, 0) is 12.8 Å². The Hall–Kier alpha value is -0.420. The lowest BCUT2D eigenvalue weighted by molar-refractivity contribution is -0.120. The molecule has 1 atom stereocenters. The summed E-state index contributed by atoms with van der Waals surface area (Å²) in [6.45, 7) is 2.89. The third-order valence-electron chi connectivity index (χ3n) is 2.06. The fourth-order valence-electron chi connectivity index (χ4n) is 1.04. The highest BCUT2D eigenvalue weighted by atomic mass is 32.2. The molecule has 5 heteroatoms. The van der Waals surface area contributed by atoms with E-state index in [0.29, 0.717) is 30.6 Å². The molecule has 1 saturated carbocycles. The van der Waals surface area contributed by atoms with E-state index in [1.54, 1.807) is 0 Å². The lowest BCUT2D eigenvalue weighted by Gasteiger charge is -2.04. The van der Waals surface area contributed by atoms with E-state index in [0.717, 1.165) is 12.8 Å². The first kappa shape index (κ1) is 11.7. The second-order valence-corrected chi connectivity index (χ2v) is 5.32. The van der Waals surface area contributed by atoms with Crippen molar-refractivity contribution in [2.75, 3.05) is 24.6 Å². The summed E-state index contributed by atoms with van der Waals surface area (Å²) < 4.78 is 11.0. The highest BCUT2D eigenvalue weighted by Crippen LogP contribution is 2.17. The van der Waals surface area contributed by atoms with Crippen molar-refractivity contribution >= 4 is 16.7 Å². The maximum absolute atomic E-state index is 11.2. The third kappa shape index (κ3) is 5.34. The van der Waals surface area contributed by atoms with Crippen LogP contribution in [0.5, 0.6) is 0 Å². The van der Waals surface area contributed by atoms with Crippen LogP contribution < -0.4 is 10.6 Å². The fraction of sp³-hybridized carbons (Fsp3) is 0.889. The van der Waals surface area contributed by atoms with Crippen molar-refractivity contribution in [1.29, 1.82) is 0 Å². The Balaban J connectivity index is 1.91. The first-order valence-corrected chi connectivity index (χ1v) is 6.56. The largest absolute Gasteiger partial charge is 0.352 e. The van der Waals surface area contributed by atoms with Crippen molar-refractivity contribution in [3.8, 4) is 0 Å². The predicted molar refractivity (Wildman–Crippen MR) is 57.6 cm³/mol. The molecule has 0 aliphatic heterocycles. The summed E-state index contributed by atoms with van der Waals surface area (Å²) in [7, 11) is -0.734. The van der Waals surface area contributed by atoms with Crippen LogP contribution in [0.3, 0.4) is 0 Å². The number of hydrogen-bond donors (Lipinski definition) is 2. The van der Waals surface area contributed by atoms with E-state index in [-0.39, 0.29) is 5.91 Å². The van der Waals surface area contributed by atoms with Crippen LogP contribution in [0.2, 0.25) is 0 Å². The van der Waals surface area contributed by atoms with Crippen molar-refractivity contribution in [3.05, 3.63) is 0 Å². The van der Waals surface area contributed by atoms with Gasteiger partial charge in [0.05, 0.1) is 6.54 Å². The van der Waals surface area contributed by atoms with Crippen molar-refractivity contribution in [2.24, 2.45) is 0 Å². The zero-order valence-corrected chi connectivity index (χ0v) is 9.36. The Morgan fingerprint density at radius 3 is 2.79 bits per heavy atom. The average Bonchev–Trinajstić information content (AvgIpc) is 2.95. The topological polar surface area (TPSA) is 58.2 Å². The van der Waals surface area contributed by atoms with Gasteiger partial charge >= 0.3 is 0 Å². The van der Waals surface area contributed by atoms with Gasteiger partial charge in [-0.2, -0.15) is 0 Å². The van der Waals surface area contributed by atoms with E-state index >= 15 is 0 Å². The van der Waals surface area contributed by atoms with Gasteiger partial charge in [0.25, 0.3) is 0 Å². The number of rotatable bonds is 7. The van der Waals surface area contributed by atoms with Gasteiger partial charge in [0.2, 0.25) is 5.91 Å². The number of hydrogen-bond acceptors (Lipinski definition) is 3. The quantitative estimate of drug-likeness (QED) is 0.573. The van der Waals surface area contributed by atoms with Gasteiger partial charge in [0.15, 0.2) is 0 Å². The minimum atomic E-state index is -0.734. The highest BCUT2D eigenvalue weighted by molar-refractivity contribution is 7.84. The highest BCUT2D eigenvalue weighted by Gasteiger charge is 2.22. The van der Waals surface area contributed by atoms with E-state index in [1.807, 2.05) is 6.92 Å². The second-order valence-electron chi connectivity index (χ2n) is 3.45. The van der Waals surface area contributed by atoms with Crippen molar-refractivity contribution in [1.82, 2.24) is 10.6 Å². The minimum absolute atomic E-state index is 0.0507. The van der Waals surface area contributed by atoms with Gasteiger partial charge in [-0.3, -0.25) is 9.00 Å². The molecular weight excluding hydrogens is 200 g/mol. The van der Waals surface area contributed by atoms with E-state index in [9.17, 15) is 9.00 Å². The Kier molecular flexibility index (Phi) is 5.11. The summed E-state index contributed by atoms with van der Waals surface area (Å²) in [4.78, 5) is 11.2. The molecule has 14 heavy (non-hydrogen) atoms. The first-order valence-electron chi connectivity index (χ1n) is 5.07. The summed E-state index contributed by atoms with van der Waals surface area (Å²) in [6, 6.07) is 0.425. The molecule has 82 valence electrons. The monoisotopic (exact) mass is 218 g/mol. The SMILES string of the molecule is CCS(=O)CCNCC(=O)NC1CC1. The summed E-state index contributed by atoms with van der Waals surface area (Å²) >= 11 is 0. The molecule has 1 rings (SSSR count). The molecule has 0 saturated heterocycles. The van der Waals surface area contributed by atoms with Crippen LogP contribution in [0.1, 0.15) is 19.8 Å². The Bertz CT molecular complexity index is 217. The second kappa shape index (κ2) is 6.14. The standard InChI is InChI=1S/C9H18N2O2S/c1-2-14(13)6-5-10-7-9(12)11-8-3-4-8/h8,10H,2-7H2,1H3,(H,11,12). The molecule has 0 heterocycles. The molecular formula is C9H18N2O2S. The Labute approximate surface area is 87.3 Å². The normalized spacial score (nSPS) is 17.8. The average molecular weight is 218 g/mol. The molecule has 0 spiro atoms. The van der Waals surface area contributed by atoms with Gasteiger partial charge < -0.3 is 10.6 Å². The molecule has 1 unspecified atom stereocenters. The van der Waals surface area contributed by atoms with Crippen molar-refractivity contribution < 1.29 is 9.00 Å². The van der Waals surface area contributed by atoms with Crippen LogP contribution in [0.25, 0.3) is 0 Å². The van der Waals surface area contributed by atoms with Crippen LogP contribution in [-0.2, 0) is 15.6 Å². The predicted octanol–water partition coefficient (Wildman–Crippen LogP) is -0.377. The van der Waals surface area contributed by atoms with Gasteiger partial charge in [0, 0.05) is 34.9 Å². The molecule has 0 aromatic carbocycles. The number of nitrogens with one attached hydrogen (secondary N) is 2. The lowest BCUT2D eigenvalue weighted by atomic mass is 10.5. The molecule has 1 fully saturated rings.